The third kappa shape index (κ3) is 2.34. The van der Waals surface area contributed by atoms with Crippen LogP contribution in [0.25, 0.3) is 11.3 Å². The molecular weight excluding hydrogens is 344 g/mol. The lowest BCUT2D eigenvalue weighted by molar-refractivity contribution is -0.150. The first-order chi connectivity index (χ1) is 12.8. The molecule has 0 aliphatic heterocycles. The van der Waals surface area contributed by atoms with Gasteiger partial charge in [0.1, 0.15) is 5.76 Å². The van der Waals surface area contributed by atoms with Gasteiger partial charge in [-0.05, 0) is 43.4 Å². The highest BCUT2D eigenvalue weighted by Crippen LogP contribution is 2.47. The molecule has 1 atom stereocenters. The van der Waals surface area contributed by atoms with E-state index in [2.05, 4.69) is 0 Å². The van der Waals surface area contributed by atoms with Crippen LogP contribution in [0.2, 0.25) is 0 Å². The number of aryl methyl sites for hydroxylation is 1. The number of benzene rings is 1. The smallest absolute Gasteiger partial charge is 0.309 e. The average molecular weight is 366 g/mol. The summed E-state index contributed by atoms with van der Waals surface area (Å²) in [5, 5.41) is 0. The minimum absolute atomic E-state index is 0.211. The number of Topliss-reactive ketones (excluding diaryl/α,β-unsaturated/α-hetero) is 2. The van der Waals surface area contributed by atoms with Crippen LogP contribution >= 0.6 is 0 Å². The minimum atomic E-state index is -0.512. The fraction of sp³-hybridized carbons (Fsp3) is 0.409. The lowest BCUT2D eigenvalue weighted by Crippen LogP contribution is -2.41. The summed E-state index contributed by atoms with van der Waals surface area (Å²) in [5.74, 6) is -1.01. The number of hydrogen-bond acceptors (Lipinski definition) is 5. The van der Waals surface area contributed by atoms with Crippen molar-refractivity contribution in [2.24, 2.45) is 5.92 Å². The number of esters is 1. The molecule has 0 amide bonds. The predicted molar refractivity (Wildman–Crippen MR) is 99.0 cm³/mol. The van der Waals surface area contributed by atoms with Crippen LogP contribution in [0.1, 0.15) is 64.6 Å². The van der Waals surface area contributed by atoms with Gasteiger partial charge in [-0.25, -0.2) is 0 Å². The number of rotatable bonds is 2. The van der Waals surface area contributed by atoms with Gasteiger partial charge < -0.3 is 9.15 Å². The van der Waals surface area contributed by atoms with Gasteiger partial charge in [-0.15, -0.1) is 0 Å². The van der Waals surface area contributed by atoms with Crippen molar-refractivity contribution in [1.29, 1.82) is 0 Å². The zero-order valence-corrected chi connectivity index (χ0v) is 16.0. The summed E-state index contributed by atoms with van der Waals surface area (Å²) in [6.45, 7) is 7.90. The molecule has 27 heavy (non-hydrogen) atoms. The fourth-order valence-corrected chi connectivity index (χ4v) is 4.60. The van der Waals surface area contributed by atoms with Crippen LogP contribution in [0, 0.1) is 12.8 Å². The first-order valence-corrected chi connectivity index (χ1v) is 9.29. The molecule has 0 spiro atoms. The van der Waals surface area contributed by atoms with Crippen molar-refractivity contribution in [1.82, 2.24) is 0 Å². The van der Waals surface area contributed by atoms with Crippen molar-refractivity contribution < 1.29 is 23.5 Å². The number of carbonyl (C=O) groups is 3. The minimum Gasteiger partial charge on any atom is -0.466 e. The molecule has 0 unspecified atom stereocenters. The maximum Gasteiger partial charge on any atom is 0.309 e. The van der Waals surface area contributed by atoms with Crippen LogP contribution in [0.5, 0.6) is 0 Å². The van der Waals surface area contributed by atoms with E-state index < -0.39 is 17.0 Å². The van der Waals surface area contributed by atoms with Gasteiger partial charge in [0.15, 0.2) is 0 Å². The molecular formula is C22H22O5. The molecule has 2 aliphatic carbocycles. The molecule has 4 rings (SSSR count). The van der Waals surface area contributed by atoms with Gasteiger partial charge in [0.25, 0.3) is 0 Å². The third-order valence-corrected chi connectivity index (χ3v) is 6.01. The quantitative estimate of drug-likeness (QED) is 0.592. The maximum absolute atomic E-state index is 12.9. The monoisotopic (exact) mass is 366 g/mol. The first-order valence-electron chi connectivity index (χ1n) is 9.29. The van der Waals surface area contributed by atoms with Gasteiger partial charge in [0.2, 0.25) is 11.6 Å². The van der Waals surface area contributed by atoms with Gasteiger partial charge in [-0.1, -0.05) is 26.0 Å². The summed E-state index contributed by atoms with van der Waals surface area (Å²) in [6.07, 6.45) is 2.66. The molecule has 1 aromatic carbocycles. The highest BCUT2D eigenvalue weighted by atomic mass is 16.5. The molecule has 1 heterocycles. The standard InChI is InChI=1S/C22H22O5/c1-5-26-21(25)15-9-6-12-14(22(15,3)4)8-7-13-17(12)19(24)18(23)16-11(2)10-27-20(13)16/h7-8,10,15H,5-6,9H2,1-4H3/t15-/m1/s1. The number of furan rings is 1. The van der Waals surface area contributed by atoms with E-state index in [4.69, 9.17) is 9.15 Å². The van der Waals surface area contributed by atoms with E-state index >= 15 is 0 Å². The summed E-state index contributed by atoms with van der Waals surface area (Å²) in [5.41, 5.74) is 3.45. The number of carbonyl (C=O) groups excluding carboxylic acids is 3. The third-order valence-electron chi connectivity index (χ3n) is 6.01. The Labute approximate surface area is 157 Å². The van der Waals surface area contributed by atoms with Crippen LogP contribution in [0.3, 0.4) is 0 Å². The van der Waals surface area contributed by atoms with E-state index in [0.29, 0.717) is 47.5 Å². The summed E-state index contributed by atoms with van der Waals surface area (Å²) in [7, 11) is 0. The molecule has 0 saturated heterocycles. The Bertz CT molecular complexity index is 992. The molecule has 5 nitrogen and oxygen atoms in total. The van der Waals surface area contributed by atoms with E-state index in [1.54, 1.807) is 13.8 Å². The van der Waals surface area contributed by atoms with Crippen molar-refractivity contribution in [3.8, 4) is 11.3 Å². The average Bonchev–Trinajstić information content (AvgIpc) is 3.00. The molecule has 0 fully saturated rings. The molecule has 0 bridgehead atoms. The lowest BCUT2D eigenvalue weighted by Gasteiger charge is -2.40. The number of ketones is 2. The Morgan fingerprint density at radius 2 is 1.93 bits per heavy atom. The Balaban J connectivity index is 1.90. The largest absolute Gasteiger partial charge is 0.466 e. The summed E-state index contributed by atoms with van der Waals surface area (Å²) in [4.78, 5) is 38.1. The molecule has 1 aromatic heterocycles. The van der Waals surface area contributed by atoms with Crippen molar-refractivity contribution in [3.05, 3.63) is 46.2 Å². The van der Waals surface area contributed by atoms with Gasteiger partial charge in [-0.3, -0.25) is 14.4 Å². The molecule has 140 valence electrons. The van der Waals surface area contributed by atoms with E-state index in [1.807, 2.05) is 26.0 Å². The van der Waals surface area contributed by atoms with Gasteiger partial charge in [-0.2, -0.15) is 0 Å². The second kappa shape index (κ2) is 5.91. The van der Waals surface area contributed by atoms with Crippen LogP contribution in [0.4, 0.5) is 0 Å². The van der Waals surface area contributed by atoms with Crippen molar-refractivity contribution in [2.45, 2.75) is 46.0 Å². The normalized spacial score (nSPS) is 19.9. The van der Waals surface area contributed by atoms with Gasteiger partial charge in [0.05, 0.1) is 24.4 Å². The van der Waals surface area contributed by atoms with Crippen molar-refractivity contribution in [2.75, 3.05) is 6.61 Å². The lowest BCUT2D eigenvalue weighted by atomic mass is 9.63. The van der Waals surface area contributed by atoms with E-state index in [0.717, 1.165) is 11.1 Å². The molecule has 2 aliphatic rings. The van der Waals surface area contributed by atoms with Gasteiger partial charge in [0, 0.05) is 16.5 Å². The Hall–Kier alpha value is -2.69. The Morgan fingerprint density at radius 3 is 2.63 bits per heavy atom. The number of ether oxygens (including phenoxy) is 1. The SMILES string of the molecule is CCOC(=O)[C@H]1CCc2c(ccc3c2C(=O)C(=O)c2c(C)coc2-3)C1(C)C. The van der Waals surface area contributed by atoms with Crippen LogP contribution in [-0.4, -0.2) is 24.1 Å². The molecule has 0 N–H and O–H groups in total. The fourth-order valence-electron chi connectivity index (χ4n) is 4.60. The number of fused-ring (bicyclic) bond motifs is 5. The molecule has 0 saturated carbocycles. The molecule has 0 radical (unpaired) electrons. The summed E-state index contributed by atoms with van der Waals surface area (Å²) < 4.78 is 10.9. The first kappa shape index (κ1) is 17.7. The zero-order valence-electron chi connectivity index (χ0n) is 16.0. The Kier molecular flexibility index (Phi) is 3.88. The van der Waals surface area contributed by atoms with E-state index in [9.17, 15) is 14.4 Å². The van der Waals surface area contributed by atoms with Crippen molar-refractivity contribution >= 4 is 17.5 Å². The van der Waals surface area contributed by atoms with Gasteiger partial charge >= 0.3 is 5.97 Å². The van der Waals surface area contributed by atoms with E-state index in [-0.39, 0.29) is 11.9 Å². The van der Waals surface area contributed by atoms with Crippen LogP contribution in [0.15, 0.2) is 22.8 Å². The highest BCUT2D eigenvalue weighted by molar-refractivity contribution is 6.53. The van der Waals surface area contributed by atoms with Crippen LogP contribution < -0.4 is 0 Å². The Morgan fingerprint density at radius 1 is 1.22 bits per heavy atom. The molecule has 5 heteroatoms. The zero-order chi connectivity index (χ0) is 19.5. The topological polar surface area (TPSA) is 73.6 Å². The van der Waals surface area contributed by atoms with E-state index in [1.165, 1.54) is 6.26 Å². The number of hydrogen-bond donors (Lipinski definition) is 0. The van der Waals surface area contributed by atoms with Crippen molar-refractivity contribution in [3.63, 3.8) is 0 Å². The van der Waals surface area contributed by atoms with Crippen LogP contribution in [-0.2, 0) is 21.4 Å². The second-order valence-corrected chi connectivity index (χ2v) is 7.86. The second-order valence-electron chi connectivity index (χ2n) is 7.86. The predicted octanol–water partition coefficient (Wildman–Crippen LogP) is 4.04. The highest BCUT2D eigenvalue weighted by Gasteiger charge is 2.45. The molecule has 2 aromatic rings. The summed E-state index contributed by atoms with van der Waals surface area (Å²) in [6, 6.07) is 3.81. The maximum atomic E-state index is 12.9. The summed E-state index contributed by atoms with van der Waals surface area (Å²) >= 11 is 0.